The lowest BCUT2D eigenvalue weighted by Crippen LogP contribution is -2.36. The summed E-state index contributed by atoms with van der Waals surface area (Å²) in [5, 5.41) is 21.2. The van der Waals surface area contributed by atoms with Crippen molar-refractivity contribution in [3.05, 3.63) is 32.6 Å². The molecule has 9 nitrogen and oxygen atoms in total. The lowest BCUT2D eigenvalue weighted by atomic mass is 10.2. The summed E-state index contributed by atoms with van der Waals surface area (Å²) in [6, 6.07) is 0. The van der Waals surface area contributed by atoms with Gasteiger partial charge in [-0.05, 0) is 0 Å². The van der Waals surface area contributed by atoms with Gasteiger partial charge in [0.25, 0.3) is 5.56 Å². The molecule has 0 bridgehead atoms. The Morgan fingerprint density at radius 1 is 1.55 bits per heavy atom. The first-order valence-electron chi connectivity index (χ1n) is 6.57. The minimum Gasteiger partial charge on any atom is -0.394 e. The molecule has 3 unspecified atom stereocenters. The van der Waals surface area contributed by atoms with Gasteiger partial charge in [0.05, 0.1) is 18.3 Å². The molecule has 1 aliphatic heterocycles. The van der Waals surface area contributed by atoms with Crippen LogP contribution in [0, 0.1) is 0 Å². The summed E-state index contributed by atoms with van der Waals surface area (Å²) in [6.07, 6.45) is -1.15. The van der Waals surface area contributed by atoms with Crippen LogP contribution in [0.4, 0.5) is 0 Å². The zero-order valence-corrected chi connectivity index (χ0v) is 12.2. The Morgan fingerprint density at radius 2 is 2.27 bits per heavy atom. The highest BCUT2D eigenvalue weighted by atomic mass is 35.5. The highest BCUT2D eigenvalue weighted by Gasteiger charge is 2.35. The number of aliphatic hydroxyl groups excluding tert-OH is 2. The predicted octanol–water partition coefficient (Wildman–Crippen LogP) is -1.97. The van der Waals surface area contributed by atoms with E-state index in [2.05, 4.69) is 10.3 Å². The molecule has 2 heterocycles. The van der Waals surface area contributed by atoms with Crippen LogP contribution in [0.15, 0.2) is 15.8 Å². The molecule has 122 valence electrons. The third-order valence-corrected chi connectivity index (χ3v) is 3.58. The van der Waals surface area contributed by atoms with Gasteiger partial charge in [-0.1, -0.05) is 0 Å². The molecule has 1 amide bonds. The van der Waals surface area contributed by atoms with Crippen molar-refractivity contribution in [1.29, 1.82) is 0 Å². The summed E-state index contributed by atoms with van der Waals surface area (Å²) < 4.78 is 6.48. The molecule has 0 aliphatic carbocycles. The van der Waals surface area contributed by atoms with E-state index in [1.165, 1.54) is 6.20 Å². The van der Waals surface area contributed by atoms with Gasteiger partial charge in [0.15, 0.2) is 0 Å². The smallest absolute Gasteiger partial charge is 0.330 e. The van der Waals surface area contributed by atoms with Gasteiger partial charge in [-0.2, -0.15) is 0 Å². The van der Waals surface area contributed by atoms with Crippen molar-refractivity contribution in [2.24, 2.45) is 0 Å². The Bertz CT molecular complexity index is 657. The zero-order valence-electron chi connectivity index (χ0n) is 11.5. The fourth-order valence-electron chi connectivity index (χ4n) is 2.16. The van der Waals surface area contributed by atoms with Gasteiger partial charge in [-0.25, -0.2) is 4.79 Å². The summed E-state index contributed by atoms with van der Waals surface area (Å²) in [5.74, 6) is -0.695. The number of ether oxygens (including phenoxy) is 1. The molecule has 1 fully saturated rings. The second-order valence-corrected chi connectivity index (χ2v) is 5.11. The standard InChI is InChI=1S/C12H16ClN3O6/c13-2-9(19)14-3-6-4-16(12(21)15-11(6)20)10-1-7(18)8(5-17)22-10/h4,7-8,10,17-18H,1-3,5H2,(H,14,19)(H,15,20,21). The highest BCUT2D eigenvalue weighted by Crippen LogP contribution is 2.27. The fraction of sp³-hybridized carbons (Fsp3) is 0.583. The molecule has 3 atom stereocenters. The number of alkyl halides is 1. The second-order valence-electron chi connectivity index (χ2n) is 4.85. The van der Waals surface area contributed by atoms with Gasteiger partial charge >= 0.3 is 5.69 Å². The number of aromatic nitrogens is 2. The van der Waals surface area contributed by atoms with Crippen LogP contribution < -0.4 is 16.6 Å². The average molecular weight is 334 g/mol. The Balaban J connectivity index is 2.23. The third-order valence-electron chi connectivity index (χ3n) is 3.33. The summed E-state index contributed by atoms with van der Waals surface area (Å²) in [7, 11) is 0. The minimum absolute atomic E-state index is 0.0974. The van der Waals surface area contributed by atoms with E-state index >= 15 is 0 Å². The number of carbonyl (C=O) groups is 1. The van der Waals surface area contributed by atoms with Gasteiger partial charge in [-0.15, -0.1) is 11.6 Å². The van der Waals surface area contributed by atoms with Crippen LogP contribution in [0.5, 0.6) is 0 Å². The van der Waals surface area contributed by atoms with Crippen LogP contribution in [0.1, 0.15) is 18.2 Å². The topological polar surface area (TPSA) is 134 Å². The quantitative estimate of drug-likeness (QED) is 0.462. The summed E-state index contributed by atoms with van der Waals surface area (Å²) in [5.41, 5.74) is -1.19. The Hall–Kier alpha value is -1.68. The first-order chi connectivity index (χ1) is 10.5. The molecule has 0 saturated carbocycles. The van der Waals surface area contributed by atoms with E-state index in [-0.39, 0.29) is 31.0 Å². The van der Waals surface area contributed by atoms with Crippen molar-refractivity contribution in [2.45, 2.75) is 31.4 Å². The number of hydrogen-bond donors (Lipinski definition) is 4. The molecule has 10 heteroatoms. The number of halogens is 1. The van der Waals surface area contributed by atoms with Crippen LogP contribution in [0.3, 0.4) is 0 Å². The summed E-state index contributed by atoms with van der Waals surface area (Å²) in [4.78, 5) is 36.8. The second kappa shape index (κ2) is 7.05. The number of nitrogens with one attached hydrogen (secondary N) is 2. The number of nitrogens with zero attached hydrogens (tertiary/aromatic N) is 1. The molecule has 1 aromatic heterocycles. The van der Waals surface area contributed by atoms with E-state index in [1.807, 2.05) is 0 Å². The molecule has 0 aromatic carbocycles. The van der Waals surface area contributed by atoms with E-state index in [0.717, 1.165) is 4.57 Å². The lowest BCUT2D eigenvalue weighted by molar-refractivity contribution is -0.118. The summed E-state index contributed by atoms with van der Waals surface area (Å²) >= 11 is 5.34. The summed E-state index contributed by atoms with van der Waals surface area (Å²) in [6.45, 7) is -0.478. The molecule has 0 radical (unpaired) electrons. The number of aromatic amines is 1. The van der Waals surface area contributed by atoms with Gasteiger partial charge in [0.1, 0.15) is 18.2 Å². The zero-order chi connectivity index (χ0) is 16.3. The van der Waals surface area contributed by atoms with E-state index in [4.69, 9.17) is 21.4 Å². The van der Waals surface area contributed by atoms with Crippen LogP contribution in [-0.2, 0) is 16.1 Å². The van der Waals surface area contributed by atoms with Crippen LogP contribution in [0.25, 0.3) is 0 Å². The molecular formula is C12H16ClN3O6. The van der Waals surface area contributed by atoms with Gasteiger partial charge < -0.3 is 20.3 Å². The number of H-pyrrole nitrogens is 1. The lowest BCUT2D eigenvalue weighted by Gasteiger charge is -2.15. The molecule has 1 aliphatic rings. The maximum Gasteiger partial charge on any atom is 0.330 e. The number of amides is 1. The van der Waals surface area contributed by atoms with E-state index in [9.17, 15) is 19.5 Å². The molecule has 1 saturated heterocycles. The number of rotatable bonds is 5. The largest absolute Gasteiger partial charge is 0.394 e. The Labute approximate surface area is 129 Å². The SMILES string of the molecule is O=C(CCl)NCc1cn(C2CC(O)C(CO)O2)c(=O)[nH]c1=O. The van der Waals surface area contributed by atoms with Gasteiger partial charge in [0, 0.05) is 19.2 Å². The molecule has 2 rings (SSSR count). The van der Waals surface area contributed by atoms with Crippen molar-refractivity contribution < 1.29 is 19.7 Å². The van der Waals surface area contributed by atoms with E-state index < -0.39 is 35.6 Å². The number of carbonyl (C=O) groups excluding carboxylic acids is 1. The molecule has 1 aromatic rings. The van der Waals surface area contributed by atoms with Crippen LogP contribution in [-0.4, -0.2) is 50.4 Å². The van der Waals surface area contributed by atoms with Crippen molar-refractivity contribution in [3.63, 3.8) is 0 Å². The van der Waals surface area contributed by atoms with Gasteiger partial charge in [0.2, 0.25) is 5.91 Å². The van der Waals surface area contributed by atoms with E-state index in [1.54, 1.807) is 0 Å². The maximum atomic E-state index is 11.9. The van der Waals surface area contributed by atoms with Crippen molar-refractivity contribution in [3.8, 4) is 0 Å². The van der Waals surface area contributed by atoms with Crippen LogP contribution >= 0.6 is 11.6 Å². The first kappa shape index (κ1) is 16.7. The first-order valence-corrected chi connectivity index (χ1v) is 7.11. The van der Waals surface area contributed by atoms with Gasteiger partial charge in [-0.3, -0.25) is 19.1 Å². The van der Waals surface area contributed by atoms with Crippen molar-refractivity contribution in [2.75, 3.05) is 12.5 Å². The highest BCUT2D eigenvalue weighted by molar-refractivity contribution is 6.27. The average Bonchev–Trinajstić information content (AvgIpc) is 2.86. The monoisotopic (exact) mass is 333 g/mol. The van der Waals surface area contributed by atoms with Crippen molar-refractivity contribution >= 4 is 17.5 Å². The molecule has 22 heavy (non-hydrogen) atoms. The molecule has 0 spiro atoms. The number of hydrogen-bond acceptors (Lipinski definition) is 6. The fourth-order valence-corrected chi connectivity index (χ4v) is 2.25. The van der Waals surface area contributed by atoms with E-state index in [0.29, 0.717) is 0 Å². The molecule has 4 N–H and O–H groups in total. The Morgan fingerprint density at radius 3 is 2.86 bits per heavy atom. The normalized spacial score (nSPS) is 24.4. The van der Waals surface area contributed by atoms with Crippen LogP contribution in [0.2, 0.25) is 0 Å². The third kappa shape index (κ3) is 3.55. The maximum absolute atomic E-state index is 11.9. The Kier molecular flexibility index (Phi) is 5.35. The predicted molar refractivity (Wildman–Crippen MR) is 75.5 cm³/mol. The minimum atomic E-state index is -0.909. The molecular weight excluding hydrogens is 318 g/mol. The number of aliphatic hydroxyl groups is 2. The van der Waals surface area contributed by atoms with Crippen molar-refractivity contribution in [1.82, 2.24) is 14.9 Å².